The molecule has 1 unspecified atom stereocenters. The Kier molecular flexibility index (Phi) is 5.21. The molecule has 1 atom stereocenters. The minimum absolute atomic E-state index is 0.207. The maximum Gasteiger partial charge on any atom is 0.0408 e. The lowest BCUT2D eigenvalue weighted by Gasteiger charge is -2.15. The molecule has 0 aliphatic carbocycles. The topological polar surface area (TPSA) is 38.0 Å². The van der Waals surface area contributed by atoms with Gasteiger partial charge in [-0.2, -0.15) is 0 Å². The summed E-state index contributed by atoms with van der Waals surface area (Å²) >= 11 is 11.3. The van der Waals surface area contributed by atoms with E-state index in [0.29, 0.717) is 0 Å². The Labute approximate surface area is 124 Å². The van der Waals surface area contributed by atoms with Crippen molar-refractivity contribution < 1.29 is 0 Å². The second-order valence-electron chi connectivity index (χ2n) is 4.09. The van der Waals surface area contributed by atoms with Gasteiger partial charge < -0.3 is 0 Å². The van der Waals surface area contributed by atoms with Crippen LogP contribution in [0.5, 0.6) is 0 Å². The molecule has 96 valence electrons. The first kappa shape index (κ1) is 14.0. The van der Waals surface area contributed by atoms with Gasteiger partial charge >= 0.3 is 0 Å². The highest BCUT2D eigenvalue weighted by Crippen LogP contribution is 2.24. The summed E-state index contributed by atoms with van der Waals surface area (Å²) in [5.74, 6) is 5.63. The molecule has 0 aliphatic rings. The van der Waals surface area contributed by atoms with Crippen LogP contribution in [0.1, 0.15) is 10.4 Å². The molecule has 0 bridgehead atoms. The van der Waals surface area contributed by atoms with Crippen molar-refractivity contribution in [1.29, 1.82) is 0 Å². The number of nitrogens with two attached hydrogens (primary N) is 1. The summed E-state index contributed by atoms with van der Waals surface area (Å²) in [6, 6.07) is 10.2. The Hall–Kier alpha value is -0.390. The van der Waals surface area contributed by atoms with E-state index >= 15 is 0 Å². The molecule has 1 aromatic carbocycles. The highest BCUT2D eigenvalue weighted by molar-refractivity contribution is 9.10. The van der Waals surface area contributed by atoms with Gasteiger partial charge in [-0.1, -0.05) is 23.7 Å². The molecule has 0 saturated carbocycles. The van der Waals surface area contributed by atoms with Crippen LogP contribution in [-0.4, -0.2) is 6.04 Å². The van der Waals surface area contributed by atoms with Gasteiger partial charge in [-0.15, -0.1) is 11.3 Å². The molecule has 0 aliphatic heterocycles. The molecule has 0 spiro atoms. The number of hydrazine groups is 1. The lowest BCUT2D eigenvalue weighted by molar-refractivity contribution is 0.525. The first-order chi connectivity index (χ1) is 8.69. The molecule has 18 heavy (non-hydrogen) atoms. The Bertz CT molecular complexity index is 515. The zero-order valence-corrected chi connectivity index (χ0v) is 12.9. The summed E-state index contributed by atoms with van der Waals surface area (Å²) in [7, 11) is 0. The van der Waals surface area contributed by atoms with Gasteiger partial charge in [0, 0.05) is 20.4 Å². The van der Waals surface area contributed by atoms with Gasteiger partial charge in [0.2, 0.25) is 0 Å². The molecule has 0 fully saturated rings. The molecule has 2 rings (SSSR count). The van der Waals surface area contributed by atoms with E-state index in [-0.39, 0.29) is 6.04 Å². The van der Waals surface area contributed by atoms with Gasteiger partial charge in [0.25, 0.3) is 0 Å². The fraction of sp³-hybridized carbons (Fsp3) is 0.231. The van der Waals surface area contributed by atoms with E-state index in [4.69, 9.17) is 17.4 Å². The monoisotopic (exact) mass is 344 g/mol. The van der Waals surface area contributed by atoms with Gasteiger partial charge in [0.1, 0.15) is 0 Å². The number of hydrogen-bond acceptors (Lipinski definition) is 3. The third-order valence-electron chi connectivity index (χ3n) is 2.73. The summed E-state index contributed by atoms with van der Waals surface area (Å²) in [4.78, 5) is 1.31. The first-order valence-corrected chi connectivity index (χ1v) is 7.66. The average Bonchev–Trinajstić information content (AvgIpc) is 2.74. The van der Waals surface area contributed by atoms with E-state index < -0.39 is 0 Å². The molecule has 5 heteroatoms. The summed E-state index contributed by atoms with van der Waals surface area (Å²) in [5.41, 5.74) is 4.07. The summed E-state index contributed by atoms with van der Waals surface area (Å²) in [5, 5.41) is 2.84. The Balaban J connectivity index is 2.04. The fourth-order valence-corrected chi connectivity index (χ4v) is 3.64. The zero-order chi connectivity index (χ0) is 13.0. The van der Waals surface area contributed by atoms with E-state index in [1.54, 1.807) is 11.3 Å². The summed E-state index contributed by atoms with van der Waals surface area (Å²) < 4.78 is 1.15. The highest BCUT2D eigenvalue weighted by Gasteiger charge is 2.12. The van der Waals surface area contributed by atoms with Crippen molar-refractivity contribution in [3.05, 3.63) is 55.6 Å². The van der Waals surface area contributed by atoms with Gasteiger partial charge in [-0.25, -0.2) is 0 Å². The molecular formula is C13H14BrClN2S. The van der Waals surface area contributed by atoms with Crippen molar-refractivity contribution in [3.63, 3.8) is 0 Å². The van der Waals surface area contributed by atoms with Gasteiger partial charge in [-0.05, 0) is 57.9 Å². The Morgan fingerprint density at radius 1 is 1.33 bits per heavy atom. The predicted molar refractivity (Wildman–Crippen MR) is 82.0 cm³/mol. The van der Waals surface area contributed by atoms with Crippen LogP contribution in [0, 0.1) is 0 Å². The van der Waals surface area contributed by atoms with Crippen molar-refractivity contribution >= 4 is 38.9 Å². The van der Waals surface area contributed by atoms with Crippen LogP contribution in [0.4, 0.5) is 0 Å². The second-order valence-corrected chi connectivity index (χ2v) is 6.38. The SMILES string of the molecule is NNC(Cc1cccc(Cl)c1)Cc1sccc1Br. The van der Waals surface area contributed by atoms with Crippen molar-refractivity contribution in [2.24, 2.45) is 5.84 Å². The lowest BCUT2D eigenvalue weighted by atomic mass is 10.0. The van der Waals surface area contributed by atoms with Crippen molar-refractivity contribution in [2.75, 3.05) is 0 Å². The predicted octanol–water partition coefficient (Wildman–Crippen LogP) is 3.78. The molecule has 0 radical (unpaired) electrons. The lowest BCUT2D eigenvalue weighted by Crippen LogP contribution is -2.38. The first-order valence-electron chi connectivity index (χ1n) is 5.61. The minimum Gasteiger partial charge on any atom is -0.271 e. The molecule has 1 aromatic heterocycles. The molecule has 2 aromatic rings. The maximum atomic E-state index is 5.98. The summed E-state index contributed by atoms with van der Waals surface area (Å²) in [6.45, 7) is 0. The van der Waals surface area contributed by atoms with Crippen LogP contribution in [-0.2, 0) is 12.8 Å². The largest absolute Gasteiger partial charge is 0.271 e. The number of benzene rings is 1. The zero-order valence-electron chi connectivity index (χ0n) is 9.70. The number of thiophene rings is 1. The van der Waals surface area contributed by atoms with Gasteiger partial charge in [-0.3, -0.25) is 11.3 Å². The van der Waals surface area contributed by atoms with E-state index in [1.807, 2.05) is 18.2 Å². The normalized spacial score (nSPS) is 12.6. The van der Waals surface area contributed by atoms with Crippen molar-refractivity contribution in [3.8, 4) is 0 Å². The number of nitrogens with one attached hydrogen (secondary N) is 1. The van der Waals surface area contributed by atoms with Gasteiger partial charge in [0.05, 0.1) is 0 Å². The average molecular weight is 346 g/mol. The second kappa shape index (κ2) is 6.68. The van der Waals surface area contributed by atoms with E-state index in [0.717, 1.165) is 22.3 Å². The van der Waals surface area contributed by atoms with Crippen molar-refractivity contribution in [1.82, 2.24) is 5.43 Å². The summed E-state index contributed by atoms with van der Waals surface area (Å²) in [6.07, 6.45) is 1.77. The third-order valence-corrected chi connectivity index (χ3v) is 4.91. The molecule has 0 amide bonds. The van der Waals surface area contributed by atoms with Crippen LogP contribution < -0.4 is 11.3 Å². The van der Waals surface area contributed by atoms with Crippen LogP contribution in [0.3, 0.4) is 0 Å². The van der Waals surface area contributed by atoms with Crippen LogP contribution >= 0.6 is 38.9 Å². The van der Waals surface area contributed by atoms with Gasteiger partial charge in [0.15, 0.2) is 0 Å². The number of rotatable bonds is 5. The molecule has 1 heterocycles. The van der Waals surface area contributed by atoms with E-state index in [1.165, 1.54) is 10.4 Å². The van der Waals surface area contributed by atoms with Crippen LogP contribution in [0.2, 0.25) is 5.02 Å². The molecule has 3 N–H and O–H groups in total. The Morgan fingerprint density at radius 3 is 2.78 bits per heavy atom. The molecular weight excluding hydrogens is 332 g/mol. The highest BCUT2D eigenvalue weighted by atomic mass is 79.9. The van der Waals surface area contributed by atoms with Crippen LogP contribution in [0.25, 0.3) is 0 Å². The van der Waals surface area contributed by atoms with E-state index in [9.17, 15) is 0 Å². The molecule has 0 saturated heterocycles. The van der Waals surface area contributed by atoms with E-state index in [2.05, 4.69) is 38.9 Å². The molecule has 2 nitrogen and oxygen atoms in total. The Morgan fingerprint density at radius 2 is 2.17 bits per heavy atom. The van der Waals surface area contributed by atoms with Crippen molar-refractivity contribution in [2.45, 2.75) is 18.9 Å². The quantitative estimate of drug-likeness (QED) is 0.639. The smallest absolute Gasteiger partial charge is 0.0408 e. The standard InChI is InChI=1S/C13H14BrClN2S/c14-12-4-5-18-13(12)8-11(17-16)7-9-2-1-3-10(15)6-9/h1-6,11,17H,7-8,16H2. The minimum atomic E-state index is 0.207. The third kappa shape index (κ3) is 3.80. The fourth-order valence-electron chi connectivity index (χ4n) is 1.83. The maximum absolute atomic E-state index is 5.98. The number of halogens is 2. The van der Waals surface area contributed by atoms with Crippen LogP contribution in [0.15, 0.2) is 40.2 Å². The number of hydrogen-bond donors (Lipinski definition) is 2.